The molecule has 0 aromatic carbocycles. The first-order valence-electron chi connectivity index (χ1n) is 8.03. The maximum Gasteiger partial charge on any atom is 0.0309 e. The summed E-state index contributed by atoms with van der Waals surface area (Å²) >= 11 is 0. The number of allylic oxidation sites excluding steroid dienone is 1. The summed E-state index contributed by atoms with van der Waals surface area (Å²) in [6.45, 7) is 15.1. The maximum absolute atomic E-state index is 3.87. The second kappa shape index (κ2) is 5.97. The largest absolute Gasteiger partial charge is 0.308 e. The van der Waals surface area contributed by atoms with Crippen LogP contribution < -0.4 is 5.32 Å². The second-order valence-electron chi connectivity index (χ2n) is 7.57. The lowest BCUT2D eigenvalue weighted by Gasteiger charge is -2.47. The minimum atomic E-state index is 0.364. The molecule has 0 spiro atoms. The molecule has 0 radical (unpaired) electrons. The first-order chi connectivity index (χ1) is 8.90. The molecule has 1 heterocycles. The smallest absolute Gasteiger partial charge is 0.0309 e. The van der Waals surface area contributed by atoms with E-state index >= 15 is 0 Å². The lowest BCUT2D eigenvalue weighted by atomic mass is 9.89. The van der Waals surface area contributed by atoms with Gasteiger partial charge in [-0.05, 0) is 51.9 Å². The third-order valence-electron chi connectivity index (χ3n) is 4.75. The Kier molecular flexibility index (Phi) is 4.73. The zero-order valence-electron chi connectivity index (χ0n) is 13.5. The molecule has 1 saturated carbocycles. The van der Waals surface area contributed by atoms with Crippen molar-refractivity contribution >= 4 is 0 Å². The van der Waals surface area contributed by atoms with Crippen LogP contribution in [-0.4, -0.2) is 36.1 Å². The maximum atomic E-state index is 3.87. The van der Waals surface area contributed by atoms with Crippen LogP contribution in [0.25, 0.3) is 0 Å². The van der Waals surface area contributed by atoms with E-state index < -0.39 is 0 Å². The average Bonchev–Trinajstić information content (AvgIpc) is 3.13. The fourth-order valence-corrected chi connectivity index (χ4v) is 3.37. The summed E-state index contributed by atoms with van der Waals surface area (Å²) < 4.78 is 0. The van der Waals surface area contributed by atoms with E-state index in [2.05, 4.69) is 50.9 Å². The zero-order chi connectivity index (χ0) is 14.0. The highest BCUT2D eigenvalue weighted by atomic mass is 15.3. The number of hydrogen-bond acceptors (Lipinski definition) is 2. The van der Waals surface area contributed by atoms with Crippen LogP contribution in [0.3, 0.4) is 0 Å². The SMILES string of the molecule is CC(C)=CCN1CC(C)(C2CC2)NCC1CC(C)C. The van der Waals surface area contributed by atoms with Gasteiger partial charge in [-0.3, -0.25) is 4.90 Å². The van der Waals surface area contributed by atoms with Gasteiger partial charge in [0.05, 0.1) is 0 Å². The fraction of sp³-hybridized carbons (Fsp3) is 0.882. The molecule has 0 amide bonds. The summed E-state index contributed by atoms with van der Waals surface area (Å²) in [5.41, 5.74) is 1.80. The first-order valence-corrected chi connectivity index (χ1v) is 8.03. The molecule has 2 fully saturated rings. The molecule has 1 N–H and O–H groups in total. The first kappa shape index (κ1) is 15.1. The third kappa shape index (κ3) is 4.06. The van der Waals surface area contributed by atoms with Gasteiger partial charge < -0.3 is 5.32 Å². The Morgan fingerprint density at radius 3 is 2.58 bits per heavy atom. The van der Waals surface area contributed by atoms with Crippen LogP contribution in [0.15, 0.2) is 11.6 Å². The number of hydrogen-bond donors (Lipinski definition) is 1. The van der Waals surface area contributed by atoms with Crippen molar-refractivity contribution in [3.8, 4) is 0 Å². The second-order valence-corrected chi connectivity index (χ2v) is 7.57. The van der Waals surface area contributed by atoms with Crippen molar-refractivity contribution in [3.63, 3.8) is 0 Å². The number of rotatable bonds is 5. The van der Waals surface area contributed by atoms with E-state index in [1.807, 2.05) is 0 Å². The lowest BCUT2D eigenvalue weighted by Crippen LogP contribution is -2.64. The van der Waals surface area contributed by atoms with Gasteiger partial charge in [-0.15, -0.1) is 0 Å². The molecule has 0 aromatic rings. The van der Waals surface area contributed by atoms with Crippen LogP contribution in [0.1, 0.15) is 53.9 Å². The summed E-state index contributed by atoms with van der Waals surface area (Å²) in [6.07, 6.45) is 6.56. The van der Waals surface area contributed by atoms with Crippen molar-refractivity contribution in [2.45, 2.75) is 65.5 Å². The van der Waals surface area contributed by atoms with E-state index in [1.165, 1.54) is 37.9 Å². The van der Waals surface area contributed by atoms with Gasteiger partial charge in [-0.1, -0.05) is 25.5 Å². The van der Waals surface area contributed by atoms with E-state index in [9.17, 15) is 0 Å². The van der Waals surface area contributed by atoms with Crippen molar-refractivity contribution in [2.75, 3.05) is 19.6 Å². The van der Waals surface area contributed by atoms with Gasteiger partial charge in [-0.25, -0.2) is 0 Å². The van der Waals surface area contributed by atoms with Crippen LogP contribution in [0, 0.1) is 11.8 Å². The Bertz CT molecular complexity index is 326. The normalized spacial score (nSPS) is 32.6. The predicted molar refractivity (Wildman–Crippen MR) is 83.4 cm³/mol. The number of nitrogens with one attached hydrogen (secondary N) is 1. The molecular weight excluding hydrogens is 232 g/mol. The van der Waals surface area contributed by atoms with Gasteiger partial charge in [0.15, 0.2) is 0 Å². The minimum absolute atomic E-state index is 0.364. The Balaban J connectivity index is 2.02. The molecule has 0 aromatic heterocycles. The van der Waals surface area contributed by atoms with E-state index in [-0.39, 0.29) is 0 Å². The number of nitrogens with zero attached hydrogens (tertiary/aromatic N) is 1. The topological polar surface area (TPSA) is 15.3 Å². The molecule has 19 heavy (non-hydrogen) atoms. The molecule has 2 unspecified atom stereocenters. The van der Waals surface area contributed by atoms with Gasteiger partial charge in [0.1, 0.15) is 0 Å². The van der Waals surface area contributed by atoms with E-state index in [4.69, 9.17) is 0 Å². The Labute approximate surface area is 119 Å². The van der Waals surface area contributed by atoms with Gasteiger partial charge in [0.25, 0.3) is 0 Å². The fourth-order valence-electron chi connectivity index (χ4n) is 3.37. The van der Waals surface area contributed by atoms with Crippen molar-refractivity contribution in [1.29, 1.82) is 0 Å². The minimum Gasteiger partial charge on any atom is -0.308 e. The Morgan fingerprint density at radius 1 is 1.37 bits per heavy atom. The summed E-state index contributed by atoms with van der Waals surface area (Å²) in [6, 6.07) is 0.711. The van der Waals surface area contributed by atoms with Gasteiger partial charge >= 0.3 is 0 Å². The quantitative estimate of drug-likeness (QED) is 0.765. The molecule has 2 nitrogen and oxygen atoms in total. The van der Waals surface area contributed by atoms with Gasteiger partial charge in [0, 0.05) is 31.2 Å². The summed E-state index contributed by atoms with van der Waals surface area (Å²) in [5, 5.41) is 3.87. The molecule has 2 atom stereocenters. The van der Waals surface area contributed by atoms with Crippen molar-refractivity contribution < 1.29 is 0 Å². The molecule has 110 valence electrons. The standard InChI is InChI=1S/C17H32N2/c1-13(2)8-9-19-12-17(5,15-6-7-15)18-11-16(19)10-14(3)4/h8,14-16,18H,6-7,9-12H2,1-5H3. The van der Waals surface area contributed by atoms with Gasteiger partial charge in [-0.2, -0.15) is 0 Å². The monoisotopic (exact) mass is 264 g/mol. The predicted octanol–water partition coefficient (Wildman–Crippen LogP) is 3.44. The van der Waals surface area contributed by atoms with E-state index in [1.54, 1.807) is 0 Å². The molecule has 2 aliphatic rings. The molecule has 2 heteroatoms. The Morgan fingerprint density at radius 2 is 2.05 bits per heavy atom. The molecule has 1 aliphatic heterocycles. The molecule has 2 rings (SSSR count). The lowest BCUT2D eigenvalue weighted by molar-refractivity contribution is 0.0744. The number of piperazine rings is 1. The van der Waals surface area contributed by atoms with Crippen molar-refractivity contribution in [1.82, 2.24) is 10.2 Å². The average molecular weight is 264 g/mol. The Hall–Kier alpha value is -0.340. The van der Waals surface area contributed by atoms with Gasteiger partial charge in [0.2, 0.25) is 0 Å². The van der Waals surface area contributed by atoms with Crippen LogP contribution in [0.5, 0.6) is 0 Å². The summed E-state index contributed by atoms with van der Waals surface area (Å²) in [7, 11) is 0. The molecule has 1 aliphatic carbocycles. The highest BCUT2D eigenvalue weighted by Gasteiger charge is 2.45. The summed E-state index contributed by atoms with van der Waals surface area (Å²) in [4.78, 5) is 2.72. The van der Waals surface area contributed by atoms with Crippen LogP contribution in [0.4, 0.5) is 0 Å². The molecule has 0 bridgehead atoms. The van der Waals surface area contributed by atoms with Crippen LogP contribution in [-0.2, 0) is 0 Å². The molecule has 1 saturated heterocycles. The van der Waals surface area contributed by atoms with Crippen molar-refractivity contribution in [3.05, 3.63) is 11.6 Å². The van der Waals surface area contributed by atoms with E-state index in [0.717, 1.165) is 18.4 Å². The van der Waals surface area contributed by atoms with Crippen molar-refractivity contribution in [2.24, 2.45) is 11.8 Å². The van der Waals surface area contributed by atoms with Crippen LogP contribution >= 0.6 is 0 Å². The summed E-state index contributed by atoms with van der Waals surface area (Å²) in [5.74, 6) is 1.70. The molecular formula is C17H32N2. The highest BCUT2D eigenvalue weighted by Crippen LogP contribution is 2.41. The third-order valence-corrected chi connectivity index (χ3v) is 4.75. The highest BCUT2D eigenvalue weighted by molar-refractivity contribution is 5.06. The van der Waals surface area contributed by atoms with E-state index in [0.29, 0.717) is 11.6 Å². The zero-order valence-corrected chi connectivity index (χ0v) is 13.5. The van der Waals surface area contributed by atoms with Crippen LogP contribution in [0.2, 0.25) is 0 Å².